The van der Waals surface area contributed by atoms with Gasteiger partial charge < -0.3 is 4.90 Å². The van der Waals surface area contributed by atoms with Crippen molar-refractivity contribution >= 4 is 5.91 Å². The molecule has 0 aromatic heterocycles. The molecule has 2 nitrogen and oxygen atoms in total. The van der Waals surface area contributed by atoms with Crippen LogP contribution in [0.5, 0.6) is 0 Å². The van der Waals surface area contributed by atoms with E-state index in [1.807, 2.05) is 0 Å². The minimum atomic E-state index is -4.15. The molecule has 0 radical (unpaired) electrons. The van der Waals surface area contributed by atoms with Crippen LogP contribution in [0.1, 0.15) is 25.7 Å². The van der Waals surface area contributed by atoms with Crippen molar-refractivity contribution in [3.8, 4) is 0 Å². The molecule has 0 bridgehead atoms. The summed E-state index contributed by atoms with van der Waals surface area (Å²) >= 11 is 0. The molecular formula is C10H16F3NO. The second-order valence-electron chi connectivity index (χ2n) is 4.33. The van der Waals surface area contributed by atoms with Crippen molar-refractivity contribution in [3.05, 3.63) is 0 Å². The summed E-state index contributed by atoms with van der Waals surface area (Å²) in [6, 6.07) is 0. The number of carbonyl (C=O) groups excluding carboxylic acids is 1. The Bertz CT molecular complexity index is 237. The summed E-state index contributed by atoms with van der Waals surface area (Å²) in [4.78, 5) is 12.9. The molecule has 0 heterocycles. The first-order valence-corrected chi connectivity index (χ1v) is 5.10. The number of rotatable bonds is 1. The first kappa shape index (κ1) is 12.3. The van der Waals surface area contributed by atoms with Crippen LogP contribution < -0.4 is 0 Å². The van der Waals surface area contributed by atoms with Gasteiger partial charge in [-0.1, -0.05) is 6.42 Å². The monoisotopic (exact) mass is 223 g/mol. The average molecular weight is 223 g/mol. The van der Waals surface area contributed by atoms with Gasteiger partial charge in [0.05, 0.1) is 5.92 Å². The maximum absolute atomic E-state index is 12.5. The quantitative estimate of drug-likeness (QED) is 0.668. The molecule has 1 saturated carbocycles. The highest BCUT2D eigenvalue weighted by molar-refractivity contribution is 5.78. The molecule has 1 fully saturated rings. The molecule has 15 heavy (non-hydrogen) atoms. The third-order valence-electron chi connectivity index (χ3n) is 2.93. The van der Waals surface area contributed by atoms with Crippen molar-refractivity contribution in [1.82, 2.24) is 4.90 Å². The zero-order chi connectivity index (χ0) is 11.6. The van der Waals surface area contributed by atoms with Gasteiger partial charge in [0.25, 0.3) is 0 Å². The summed E-state index contributed by atoms with van der Waals surface area (Å²) in [5, 5.41) is 0. The van der Waals surface area contributed by atoms with Crippen LogP contribution in [0, 0.1) is 11.8 Å². The van der Waals surface area contributed by atoms with E-state index in [9.17, 15) is 18.0 Å². The fraction of sp³-hybridized carbons (Fsp3) is 0.900. The Labute approximate surface area is 87.4 Å². The van der Waals surface area contributed by atoms with Crippen LogP contribution in [0.2, 0.25) is 0 Å². The Morgan fingerprint density at radius 3 is 2.33 bits per heavy atom. The summed E-state index contributed by atoms with van der Waals surface area (Å²) in [6.45, 7) is 0. The summed E-state index contributed by atoms with van der Waals surface area (Å²) < 4.78 is 37.4. The van der Waals surface area contributed by atoms with E-state index < -0.39 is 18.0 Å². The van der Waals surface area contributed by atoms with Crippen molar-refractivity contribution in [2.24, 2.45) is 11.8 Å². The molecule has 2 unspecified atom stereocenters. The molecule has 0 spiro atoms. The summed E-state index contributed by atoms with van der Waals surface area (Å²) in [6.07, 6.45) is -2.94. The lowest BCUT2D eigenvalue weighted by molar-refractivity contribution is -0.187. The predicted molar refractivity (Wildman–Crippen MR) is 50.2 cm³/mol. The van der Waals surface area contributed by atoms with Crippen LogP contribution in [-0.2, 0) is 4.79 Å². The smallest absolute Gasteiger partial charge is 0.349 e. The van der Waals surface area contributed by atoms with E-state index in [1.165, 1.54) is 4.90 Å². The molecule has 2 atom stereocenters. The highest BCUT2D eigenvalue weighted by Gasteiger charge is 2.43. The topological polar surface area (TPSA) is 20.3 Å². The standard InChI is InChI=1S/C10H16F3NO/c1-14(2)9(15)7-4-3-5-8(6-7)10(11,12)13/h7-8H,3-6H2,1-2H3. The Morgan fingerprint density at radius 1 is 1.27 bits per heavy atom. The molecule has 0 aromatic carbocycles. The van der Waals surface area contributed by atoms with Crippen LogP contribution in [0.15, 0.2) is 0 Å². The summed E-state index contributed by atoms with van der Waals surface area (Å²) in [7, 11) is 3.17. The molecule has 1 aliphatic rings. The van der Waals surface area contributed by atoms with Gasteiger partial charge in [0, 0.05) is 20.0 Å². The van der Waals surface area contributed by atoms with Gasteiger partial charge in [-0.15, -0.1) is 0 Å². The SMILES string of the molecule is CN(C)C(=O)C1CCCC(C(F)(F)F)C1. The zero-order valence-electron chi connectivity index (χ0n) is 8.97. The summed E-state index contributed by atoms with van der Waals surface area (Å²) in [5.74, 6) is -1.91. The molecule has 0 saturated heterocycles. The van der Waals surface area contributed by atoms with Gasteiger partial charge in [-0.05, 0) is 19.3 Å². The zero-order valence-corrected chi connectivity index (χ0v) is 8.97. The Hall–Kier alpha value is -0.740. The summed E-state index contributed by atoms with van der Waals surface area (Å²) in [5.41, 5.74) is 0. The van der Waals surface area contributed by atoms with E-state index >= 15 is 0 Å². The number of hydrogen-bond acceptors (Lipinski definition) is 1. The fourth-order valence-electron chi connectivity index (χ4n) is 2.08. The van der Waals surface area contributed by atoms with Gasteiger partial charge in [-0.2, -0.15) is 13.2 Å². The average Bonchev–Trinajstić information content (AvgIpc) is 2.15. The molecular weight excluding hydrogens is 207 g/mol. The molecule has 0 N–H and O–H groups in total. The Kier molecular flexibility index (Phi) is 3.62. The third kappa shape index (κ3) is 3.11. The maximum atomic E-state index is 12.5. The van der Waals surface area contributed by atoms with Crippen LogP contribution in [0.25, 0.3) is 0 Å². The highest BCUT2D eigenvalue weighted by atomic mass is 19.4. The Morgan fingerprint density at radius 2 is 1.87 bits per heavy atom. The molecule has 88 valence electrons. The van der Waals surface area contributed by atoms with Gasteiger partial charge in [0.2, 0.25) is 5.91 Å². The maximum Gasteiger partial charge on any atom is 0.391 e. The van der Waals surface area contributed by atoms with Gasteiger partial charge >= 0.3 is 6.18 Å². The van der Waals surface area contributed by atoms with E-state index in [2.05, 4.69) is 0 Å². The van der Waals surface area contributed by atoms with Gasteiger partial charge in [0.1, 0.15) is 0 Å². The minimum absolute atomic E-state index is 0.0412. The van der Waals surface area contributed by atoms with Gasteiger partial charge in [-0.25, -0.2) is 0 Å². The molecule has 5 heteroatoms. The number of carbonyl (C=O) groups is 1. The van der Waals surface area contributed by atoms with Crippen LogP contribution in [0.3, 0.4) is 0 Å². The van der Waals surface area contributed by atoms with Crippen molar-refractivity contribution < 1.29 is 18.0 Å². The van der Waals surface area contributed by atoms with Crippen LogP contribution in [-0.4, -0.2) is 31.1 Å². The van der Waals surface area contributed by atoms with Crippen molar-refractivity contribution in [1.29, 1.82) is 0 Å². The largest absolute Gasteiger partial charge is 0.391 e. The van der Waals surface area contributed by atoms with Crippen LogP contribution >= 0.6 is 0 Å². The first-order valence-electron chi connectivity index (χ1n) is 5.10. The fourth-order valence-corrected chi connectivity index (χ4v) is 2.08. The van der Waals surface area contributed by atoms with E-state index in [4.69, 9.17) is 0 Å². The highest BCUT2D eigenvalue weighted by Crippen LogP contribution is 2.40. The number of nitrogens with zero attached hydrogens (tertiary/aromatic N) is 1. The van der Waals surface area contributed by atoms with E-state index in [-0.39, 0.29) is 18.7 Å². The number of amides is 1. The van der Waals surface area contributed by atoms with E-state index in [0.717, 1.165) is 0 Å². The molecule has 1 amide bonds. The predicted octanol–water partition coefficient (Wildman–Crippen LogP) is 2.44. The van der Waals surface area contributed by atoms with Crippen LogP contribution in [0.4, 0.5) is 13.2 Å². The second-order valence-corrected chi connectivity index (χ2v) is 4.33. The second kappa shape index (κ2) is 4.41. The molecule has 1 aliphatic carbocycles. The van der Waals surface area contributed by atoms with Crippen molar-refractivity contribution in [2.75, 3.05) is 14.1 Å². The van der Waals surface area contributed by atoms with Crippen molar-refractivity contribution in [3.63, 3.8) is 0 Å². The lowest BCUT2D eigenvalue weighted by Crippen LogP contribution is -2.36. The molecule has 1 rings (SSSR count). The Balaban J connectivity index is 2.60. The number of alkyl halides is 3. The van der Waals surface area contributed by atoms with E-state index in [1.54, 1.807) is 14.1 Å². The third-order valence-corrected chi connectivity index (χ3v) is 2.93. The minimum Gasteiger partial charge on any atom is -0.349 e. The number of halogens is 3. The molecule has 0 aromatic rings. The van der Waals surface area contributed by atoms with Crippen molar-refractivity contribution in [2.45, 2.75) is 31.9 Å². The number of hydrogen-bond donors (Lipinski definition) is 0. The van der Waals surface area contributed by atoms with E-state index in [0.29, 0.717) is 12.8 Å². The first-order chi connectivity index (χ1) is 6.82. The lowest BCUT2D eigenvalue weighted by Gasteiger charge is -2.31. The van der Waals surface area contributed by atoms with Gasteiger partial charge in [-0.3, -0.25) is 4.79 Å². The van der Waals surface area contributed by atoms with Gasteiger partial charge in [0.15, 0.2) is 0 Å². The normalized spacial score (nSPS) is 27.5. The molecule has 0 aliphatic heterocycles. The lowest BCUT2D eigenvalue weighted by atomic mass is 9.80.